The molecule has 0 saturated heterocycles. The van der Waals surface area contributed by atoms with Crippen LogP contribution in [0.5, 0.6) is 0 Å². The first-order valence-corrected chi connectivity index (χ1v) is 9.96. The third-order valence-electron chi connectivity index (χ3n) is 5.06. The number of rotatable bonds is 8. The third kappa shape index (κ3) is 5.39. The number of aliphatic hydroxyl groups is 1. The maximum Gasteiger partial charge on any atom is 0.336 e. The molecule has 0 fully saturated rings. The van der Waals surface area contributed by atoms with Gasteiger partial charge in [0, 0.05) is 5.56 Å². The van der Waals surface area contributed by atoms with Crippen LogP contribution in [0.3, 0.4) is 0 Å². The van der Waals surface area contributed by atoms with Crippen molar-refractivity contribution in [2.24, 2.45) is 0 Å². The number of benzene rings is 3. The van der Waals surface area contributed by atoms with E-state index in [1.807, 2.05) is 6.07 Å². The van der Waals surface area contributed by atoms with Crippen molar-refractivity contribution in [2.75, 3.05) is 0 Å². The van der Waals surface area contributed by atoms with Gasteiger partial charge < -0.3 is 20.6 Å². The predicted molar refractivity (Wildman–Crippen MR) is 119 cm³/mol. The van der Waals surface area contributed by atoms with Gasteiger partial charge in [0.25, 0.3) is 5.91 Å². The maximum absolute atomic E-state index is 13.0. The summed E-state index contributed by atoms with van der Waals surface area (Å²) in [5.41, 5.74) is 2.84. The molecule has 0 aliphatic carbocycles. The molecule has 3 aromatic rings. The number of aliphatic hydroxyl groups excluding tert-OH is 1. The Kier molecular flexibility index (Phi) is 7.02. The molecule has 0 unspecified atom stereocenters. The fraction of sp³-hybridized carbons (Fsp3) is 0.160. The van der Waals surface area contributed by atoms with E-state index in [0.29, 0.717) is 11.1 Å². The number of carboxylic acids is 2. The lowest BCUT2D eigenvalue weighted by Gasteiger charge is -2.22. The Morgan fingerprint density at radius 2 is 1.56 bits per heavy atom. The highest BCUT2D eigenvalue weighted by molar-refractivity contribution is 5.99. The summed E-state index contributed by atoms with van der Waals surface area (Å²) in [5.74, 6) is -3.09. The summed E-state index contributed by atoms with van der Waals surface area (Å²) in [5, 5.41) is 31.5. The summed E-state index contributed by atoms with van der Waals surface area (Å²) in [6.07, 6.45) is -1.67. The number of hydrogen-bond donors (Lipinski definition) is 4. The molecule has 0 spiro atoms. The van der Waals surface area contributed by atoms with Gasteiger partial charge >= 0.3 is 11.9 Å². The molecule has 0 aliphatic heterocycles. The molecular weight excluding hydrogens is 410 g/mol. The highest BCUT2D eigenvalue weighted by atomic mass is 16.4. The van der Waals surface area contributed by atoms with Crippen LogP contribution in [0, 0.1) is 6.92 Å². The quantitative estimate of drug-likeness (QED) is 0.433. The Morgan fingerprint density at radius 3 is 2.22 bits per heavy atom. The second kappa shape index (κ2) is 9.89. The zero-order valence-electron chi connectivity index (χ0n) is 17.4. The van der Waals surface area contributed by atoms with Gasteiger partial charge in [0.05, 0.1) is 11.6 Å². The van der Waals surface area contributed by atoms with Gasteiger partial charge in [0.15, 0.2) is 6.10 Å². The van der Waals surface area contributed by atoms with Crippen LogP contribution >= 0.6 is 0 Å². The fourth-order valence-electron chi connectivity index (χ4n) is 3.52. The van der Waals surface area contributed by atoms with Crippen LogP contribution < -0.4 is 5.32 Å². The summed E-state index contributed by atoms with van der Waals surface area (Å²) in [6.45, 7) is 1.78. The van der Waals surface area contributed by atoms with Crippen LogP contribution in [-0.2, 0) is 11.2 Å². The fourth-order valence-corrected chi connectivity index (χ4v) is 3.52. The van der Waals surface area contributed by atoms with Crippen molar-refractivity contribution in [3.63, 3.8) is 0 Å². The van der Waals surface area contributed by atoms with Gasteiger partial charge in [-0.1, -0.05) is 54.6 Å². The smallest absolute Gasteiger partial charge is 0.336 e. The minimum atomic E-state index is -1.80. The van der Waals surface area contributed by atoms with Crippen molar-refractivity contribution in [2.45, 2.75) is 25.5 Å². The molecule has 0 radical (unpaired) electrons. The first-order valence-electron chi connectivity index (χ1n) is 9.96. The largest absolute Gasteiger partial charge is 0.479 e. The van der Waals surface area contributed by atoms with Crippen molar-refractivity contribution in [1.29, 1.82) is 0 Å². The van der Waals surface area contributed by atoms with Crippen molar-refractivity contribution < 1.29 is 29.7 Å². The number of aromatic carboxylic acids is 1. The average molecular weight is 433 g/mol. The van der Waals surface area contributed by atoms with E-state index in [-0.39, 0.29) is 17.5 Å². The lowest BCUT2D eigenvalue weighted by Crippen LogP contribution is -2.48. The number of nitrogens with one attached hydrogen (secondary N) is 1. The number of amides is 1. The topological polar surface area (TPSA) is 124 Å². The van der Waals surface area contributed by atoms with Crippen LogP contribution in [0.25, 0.3) is 11.1 Å². The van der Waals surface area contributed by atoms with Crippen LogP contribution in [-0.4, -0.2) is 45.3 Å². The van der Waals surface area contributed by atoms with Crippen LogP contribution in [0.2, 0.25) is 0 Å². The number of carboxylic acid groups (broad SMARTS) is 2. The van der Waals surface area contributed by atoms with Gasteiger partial charge in [-0.25, -0.2) is 9.59 Å². The molecule has 2 atom stereocenters. The molecule has 0 aromatic heterocycles. The van der Waals surface area contributed by atoms with E-state index in [4.69, 9.17) is 0 Å². The molecule has 0 aliphatic rings. The highest BCUT2D eigenvalue weighted by Gasteiger charge is 2.28. The summed E-state index contributed by atoms with van der Waals surface area (Å²) in [6, 6.07) is 19.3. The molecule has 4 N–H and O–H groups in total. The summed E-state index contributed by atoms with van der Waals surface area (Å²) in [4.78, 5) is 36.0. The Labute approximate surface area is 185 Å². The Bertz CT molecular complexity index is 1140. The van der Waals surface area contributed by atoms with E-state index < -0.39 is 30.0 Å². The number of carbonyl (C=O) groups is 3. The lowest BCUT2D eigenvalue weighted by molar-refractivity contribution is -0.148. The van der Waals surface area contributed by atoms with Crippen LogP contribution in [0.4, 0.5) is 0 Å². The average Bonchev–Trinajstić information content (AvgIpc) is 2.78. The minimum absolute atomic E-state index is 0.104. The Morgan fingerprint density at radius 1 is 0.906 bits per heavy atom. The van der Waals surface area contributed by atoms with E-state index in [0.717, 1.165) is 11.1 Å². The summed E-state index contributed by atoms with van der Waals surface area (Å²) >= 11 is 0. The predicted octanol–water partition coefficient (Wildman–Crippen LogP) is 3.15. The van der Waals surface area contributed by atoms with Gasteiger partial charge in [-0.2, -0.15) is 0 Å². The zero-order valence-corrected chi connectivity index (χ0v) is 17.4. The zero-order chi connectivity index (χ0) is 23.3. The molecule has 3 aromatic carbocycles. The molecule has 3 rings (SSSR count). The van der Waals surface area contributed by atoms with Gasteiger partial charge in [0.1, 0.15) is 0 Å². The van der Waals surface area contributed by atoms with E-state index in [1.54, 1.807) is 67.6 Å². The summed E-state index contributed by atoms with van der Waals surface area (Å²) < 4.78 is 0. The molecule has 32 heavy (non-hydrogen) atoms. The van der Waals surface area contributed by atoms with Crippen molar-refractivity contribution in [3.05, 3.63) is 95.1 Å². The standard InChI is InChI=1S/C25H23NO6/c1-15-11-17(19-9-5-6-10-20(19)24(29)30)14-18(12-15)23(28)26-21(22(27)25(31)32)13-16-7-3-2-4-8-16/h2-12,14,21-22,27H,13H2,1H3,(H,26,28)(H,29,30)(H,31,32)/t21-,22-/m1/s1. The van der Waals surface area contributed by atoms with Gasteiger partial charge in [-0.05, 0) is 53.8 Å². The number of aliphatic carboxylic acids is 1. The van der Waals surface area contributed by atoms with Crippen molar-refractivity contribution in [1.82, 2.24) is 5.32 Å². The minimum Gasteiger partial charge on any atom is -0.479 e. The molecular formula is C25H23NO6. The molecule has 7 nitrogen and oxygen atoms in total. The molecule has 7 heteroatoms. The number of hydrogen-bond acceptors (Lipinski definition) is 4. The third-order valence-corrected chi connectivity index (χ3v) is 5.06. The Hall–Kier alpha value is -3.97. The summed E-state index contributed by atoms with van der Waals surface area (Å²) in [7, 11) is 0. The normalized spacial score (nSPS) is 12.6. The van der Waals surface area contributed by atoms with E-state index >= 15 is 0 Å². The number of aryl methyl sites for hydroxylation is 1. The first-order chi connectivity index (χ1) is 15.3. The number of carbonyl (C=O) groups excluding carboxylic acids is 1. The van der Waals surface area contributed by atoms with E-state index in [1.165, 1.54) is 6.07 Å². The monoisotopic (exact) mass is 433 g/mol. The van der Waals surface area contributed by atoms with Crippen LogP contribution in [0.15, 0.2) is 72.8 Å². The lowest BCUT2D eigenvalue weighted by atomic mass is 9.95. The van der Waals surface area contributed by atoms with Crippen molar-refractivity contribution in [3.8, 4) is 11.1 Å². The molecule has 1 amide bonds. The second-order valence-corrected chi connectivity index (χ2v) is 7.49. The first kappa shape index (κ1) is 22.7. The second-order valence-electron chi connectivity index (χ2n) is 7.49. The molecule has 0 bridgehead atoms. The SMILES string of the molecule is Cc1cc(C(=O)N[C@H](Cc2ccccc2)[C@@H](O)C(=O)O)cc(-c2ccccc2C(=O)O)c1. The van der Waals surface area contributed by atoms with Gasteiger partial charge in [-0.3, -0.25) is 4.79 Å². The maximum atomic E-state index is 13.0. The van der Waals surface area contributed by atoms with Gasteiger partial charge in [0.2, 0.25) is 0 Å². The molecule has 164 valence electrons. The van der Waals surface area contributed by atoms with E-state index in [9.17, 15) is 29.7 Å². The molecule has 0 heterocycles. The Balaban J connectivity index is 1.92. The van der Waals surface area contributed by atoms with E-state index in [2.05, 4.69) is 5.32 Å². The molecule has 0 saturated carbocycles. The van der Waals surface area contributed by atoms with Gasteiger partial charge in [-0.15, -0.1) is 0 Å². The van der Waals surface area contributed by atoms with Crippen LogP contribution in [0.1, 0.15) is 31.8 Å². The highest BCUT2D eigenvalue weighted by Crippen LogP contribution is 2.26. The van der Waals surface area contributed by atoms with Crippen molar-refractivity contribution >= 4 is 17.8 Å².